The van der Waals surface area contributed by atoms with Crippen molar-refractivity contribution in [2.24, 2.45) is 5.92 Å². The minimum Gasteiger partial charge on any atom is -0.444 e. The summed E-state index contributed by atoms with van der Waals surface area (Å²) in [6.07, 6.45) is 0.953. The van der Waals surface area contributed by atoms with Gasteiger partial charge >= 0.3 is 6.09 Å². The SMILES string of the molecule is CC(C)(C)OC(=O)N1CCC(C(=O)Nc2ccc(-c3csc(N4CCOCC4)n3)cc2)CC1. The Labute approximate surface area is 198 Å². The number of thiazole rings is 1. The number of nitrogens with zero attached hydrogens (tertiary/aromatic N) is 3. The second kappa shape index (κ2) is 10.1. The molecule has 33 heavy (non-hydrogen) atoms. The number of morpholine rings is 1. The van der Waals surface area contributed by atoms with Crippen molar-refractivity contribution in [2.45, 2.75) is 39.2 Å². The number of carbonyl (C=O) groups is 2. The van der Waals surface area contributed by atoms with Crippen LogP contribution in [0, 0.1) is 5.92 Å². The molecule has 1 aromatic carbocycles. The number of amides is 2. The molecular weight excluding hydrogens is 440 g/mol. The Bertz CT molecular complexity index is 956. The third kappa shape index (κ3) is 6.23. The van der Waals surface area contributed by atoms with Crippen molar-refractivity contribution >= 4 is 34.2 Å². The first-order valence-corrected chi connectivity index (χ1v) is 12.3. The van der Waals surface area contributed by atoms with Gasteiger partial charge in [-0.1, -0.05) is 12.1 Å². The van der Waals surface area contributed by atoms with E-state index in [1.54, 1.807) is 16.2 Å². The van der Waals surface area contributed by atoms with Crippen LogP contribution in [0.3, 0.4) is 0 Å². The third-order valence-corrected chi connectivity index (χ3v) is 6.64. The quantitative estimate of drug-likeness (QED) is 0.717. The summed E-state index contributed by atoms with van der Waals surface area (Å²) in [6.45, 7) is 9.84. The fourth-order valence-electron chi connectivity index (χ4n) is 3.92. The second-order valence-electron chi connectivity index (χ2n) is 9.42. The van der Waals surface area contributed by atoms with E-state index in [2.05, 4.69) is 15.6 Å². The van der Waals surface area contributed by atoms with Crippen LogP contribution in [-0.4, -0.2) is 66.9 Å². The van der Waals surface area contributed by atoms with Crippen molar-refractivity contribution in [3.05, 3.63) is 29.6 Å². The monoisotopic (exact) mass is 472 g/mol. The van der Waals surface area contributed by atoms with E-state index < -0.39 is 5.60 Å². The van der Waals surface area contributed by atoms with Gasteiger partial charge in [-0.2, -0.15) is 0 Å². The molecule has 4 rings (SSSR count). The number of carbonyl (C=O) groups excluding carboxylic acids is 2. The number of likely N-dealkylation sites (tertiary alicyclic amines) is 1. The van der Waals surface area contributed by atoms with E-state index in [1.165, 1.54) is 0 Å². The van der Waals surface area contributed by atoms with Gasteiger partial charge in [0, 0.05) is 48.7 Å². The molecule has 8 nitrogen and oxygen atoms in total. The minimum absolute atomic E-state index is 0.00477. The smallest absolute Gasteiger partial charge is 0.410 e. The number of anilines is 2. The summed E-state index contributed by atoms with van der Waals surface area (Å²) in [5.41, 5.74) is 2.21. The number of piperidine rings is 1. The number of nitrogens with one attached hydrogen (secondary N) is 1. The maximum absolute atomic E-state index is 12.7. The highest BCUT2D eigenvalue weighted by atomic mass is 32.1. The van der Waals surface area contributed by atoms with Gasteiger partial charge in [0.05, 0.1) is 18.9 Å². The Morgan fingerprint density at radius 1 is 1.09 bits per heavy atom. The fourth-order valence-corrected chi connectivity index (χ4v) is 4.80. The summed E-state index contributed by atoms with van der Waals surface area (Å²) in [7, 11) is 0. The summed E-state index contributed by atoms with van der Waals surface area (Å²) in [5, 5.41) is 6.10. The first-order chi connectivity index (χ1) is 15.8. The van der Waals surface area contributed by atoms with Crippen LogP contribution in [0.2, 0.25) is 0 Å². The number of benzene rings is 1. The van der Waals surface area contributed by atoms with E-state index in [9.17, 15) is 9.59 Å². The first kappa shape index (κ1) is 23.5. The van der Waals surface area contributed by atoms with E-state index in [1.807, 2.05) is 45.0 Å². The maximum atomic E-state index is 12.7. The molecule has 0 unspecified atom stereocenters. The van der Waals surface area contributed by atoms with E-state index >= 15 is 0 Å². The van der Waals surface area contributed by atoms with Crippen molar-refractivity contribution in [2.75, 3.05) is 49.6 Å². The van der Waals surface area contributed by atoms with Gasteiger partial charge in [-0.25, -0.2) is 9.78 Å². The van der Waals surface area contributed by atoms with Gasteiger partial charge in [0.15, 0.2) is 5.13 Å². The lowest BCUT2D eigenvalue weighted by molar-refractivity contribution is -0.121. The molecular formula is C24H32N4O4S. The second-order valence-corrected chi connectivity index (χ2v) is 10.3. The van der Waals surface area contributed by atoms with Gasteiger partial charge in [-0.15, -0.1) is 11.3 Å². The van der Waals surface area contributed by atoms with Crippen molar-refractivity contribution < 1.29 is 19.1 Å². The number of hydrogen-bond acceptors (Lipinski definition) is 7. The molecule has 1 aromatic heterocycles. The average Bonchev–Trinajstić information content (AvgIpc) is 3.29. The topological polar surface area (TPSA) is 84.0 Å². The van der Waals surface area contributed by atoms with Crippen LogP contribution in [0.15, 0.2) is 29.6 Å². The van der Waals surface area contributed by atoms with Gasteiger partial charge < -0.3 is 24.6 Å². The van der Waals surface area contributed by atoms with Crippen LogP contribution < -0.4 is 10.2 Å². The maximum Gasteiger partial charge on any atom is 0.410 e. The molecule has 3 heterocycles. The summed E-state index contributed by atoms with van der Waals surface area (Å²) in [6, 6.07) is 7.80. The molecule has 0 radical (unpaired) electrons. The zero-order valence-corrected chi connectivity index (χ0v) is 20.3. The van der Waals surface area contributed by atoms with Crippen LogP contribution in [0.4, 0.5) is 15.6 Å². The molecule has 2 amide bonds. The van der Waals surface area contributed by atoms with E-state index in [4.69, 9.17) is 14.5 Å². The Morgan fingerprint density at radius 3 is 2.39 bits per heavy atom. The van der Waals surface area contributed by atoms with Crippen molar-refractivity contribution in [3.8, 4) is 11.3 Å². The van der Waals surface area contributed by atoms with Gasteiger partial charge in [0.2, 0.25) is 5.91 Å². The highest BCUT2D eigenvalue weighted by molar-refractivity contribution is 7.14. The van der Waals surface area contributed by atoms with Crippen molar-refractivity contribution in [1.29, 1.82) is 0 Å². The van der Waals surface area contributed by atoms with Crippen LogP contribution in [0.25, 0.3) is 11.3 Å². The first-order valence-electron chi connectivity index (χ1n) is 11.5. The Balaban J connectivity index is 1.28. The van der Waals surface area contributed by atoms with Crippen LogP contribution in [-0.2, 0) is 14.3 Å². The average molecular weight is 473 g/mol. The van der Waals surface area contributed by atoms with Gasteiger partial charge in [0.25, 0.3) is 0 Å². The van der Waals surface area contributed by atoms with Crippen LogP contribution >= 0.6 is 11.3 Å². The molecule has 2 aliphatic rings. The lowest BCUT2D eigenvalue weighted by Crippen LogP contribution is -2.43. The van der Waals surface area contributed by atoms with Gasteiger partial charge in [-0.05, 0) is 45.7 Å². The number of aromatic nitrogens is 1. The molecule has 2 saturated heterocycles. The number of hydrogen-bond donors (Lipinski definition) is 1. The van der Waals surface area contributed by atoms with Crippen LogP contribution in [0.5, 0.6) is 0 Å². The van der Waals surface area contributed by atoms with E-state index in [-0.39, 0.29) is 17.9 Å². The largest absolute Gasteiger partial charge is 0.444 e. The van der Waals surface area contributed by atoms with Crippen LogP contribution in [0.1, 0.15) is 33.6 Å². The lowest BCUT2D eigenvalue weighted by atomic mass is 9.96. The lowest BCUT2D eigenvalue weighted by Gasteiger charge is -2.32. The highest BCUT2D eigenvalue weighted by Crippen LogP contribution is 2.29. The van der Waals surface area contributed by atoms with E-state index in [0.717, 1.165) is 48.4 Å². The zero-order valence-electron chi connectivity index (χ0n) is 19.5. The summed E-state index contributed by atoms with van der Waals surface area (Å²) in [5.74, 6) is -0.118. The predicted molar refractivity (Wildman–Crippen MR) is 130 cm³/mol. The molecule has 0 aliphatic carbocycles. The van der Waals surface area contributed by atoms with Crippen molar-refractivity contribution in [1.82, 2.24) is 9.88 Å². The summed E-state index contributed by atoms with van der Waals surface area (Å²) < 4.78 is 10.8. The molecule has 0 bridgehead atoms. The molecule has 0 atom stereocenters. The molecule has 0 spiro atoms. The number of ether oxygens (including phenoxy) is 2. The third-order valence-electron chi connectivity index (χ3n) is 5.74. The summed E-state index contributed by atoms with van der Waals surface area (Å²) in [4.78, 5) is 33.7. The van der Waals surface area contributed by atoms with Gasteiger partial charge in [0.1, 0.15) is 5.60 Å². The molecule has 1 N–H and O–H groups in total. The fraction of sp³-hybridized carbons (Fsp3) is 0.542. The normalized spacial score (nSPS) is 17.7. The molecule has 0 saturated carbocycles. The molecule has 2 fully saturated rings. The minimum atomic E-state index is -0.514. The van der Waals surface area contributed by atoms with Gasteiger partial charge in [-0.3, -0.25) is 4.79 Å². The summed E-state index contributed by atoms with van der Waals surface area (Å²) >= 11 is 1.64. The molecule has 2 aliphatic heterocycles. The highest BCUT2D eigenvalue weighted by Gasteiger charge is 2.30. The number of rotatable bonds is 4. The Hall–Kier alpha value is -2.65. The zero-order chi connectivity index (χ0) is 23.4. The molecule has 2 aromatic rings. The van der Waals surface area contributed by atoms with E-state index in [0.29, 0.717) is 25.9 Å². The van der Waals surface area contributed by atoms with Crippen molar-refractivity contribution in [3.63, 3.8) is 0 Å². The Kier molecular flexibility index (Phi) is 7.19. The molecule has 9 heteroatoms. The standard InChI is InChI=1S/C24H32N4O4S/c1-24(2,3)32-23(30)28-10-8-18(9-11-28)21(29)25-19-6-4-17(5-7-19)20-16-33-22(26-20)27-12-14-31-15-13-27/h4-7,16,18H,8-15H2,1-3H3,(H,25,29). The predicted octanol–water partition coefficient (Wildman–Crippen LogP) is 4.23. The molecule has 178 valence electrons. The Morgan fingerprint density at radius 2 is 1.76 bits per heavy atom.